The summed E-state index contributed by atoms with van der Waals surface area (Å²) in [6, 6.07) is 25.4. The minimum absolute atomic E-state index is 0.0759. The molecule has 2 heterocycles. The fraction of sp³-hybridized carbons (Fsp3) is 0.161. The molecule has 0 aliphatic heterocycles. The fourth-order valence-corrected chi connectivity index (χ4v) is 6.78. The van der Waals surface area contributed by atoms with E-state index in [9.17, 15) is 9.59 Å². The smallest absolute Gasteiger partial charge is 0.341 e. The lowest BCUT2D eigenvalue weighted by Crippen LogP contribution is -2.17. The Kier molecular flexibility index (Phi) is 10.0. The van der Waals surface area contributed by atoms with Crippen molar-refractivity contribution in [1.82, 2.24) is 14.8 Å². The predicted octanol–water partition coefficient (Wildman–Crippen LogP) is 8.16. The van der Waals surface area contributed by atoms with Crippen molar-refractivity contribution >= 4 is 63.3 Å². The Hall–Kier alpha value is -3.57. The predicted molar refractivity (Wildman–Crippen MR) is 172 cm³/mol. The summed E-state index contributed by atoms with van der Waals surface area (Å²) in [4.78, 5) is 27.2. The zero-order chi connectivity index (χ0) is 29.5. The first-order valence-electron chi connectivity index (χ1n) is 13.1. The second-order valence-corrected chi connectivity index (χ2v) is 12.4. The molecule has 0 radical (unpaired) electrons. The first-order valence-corrected chi connectivity index (χ1v) is 16.3. The number of carbonyl (C=O) groups is 2. The zero-order valence-corrected chi connectivity index (χ0v) is 26.1. The number of nitrogens with zero attached hydrogens (tertiary/aromatic N) is 3. The van der Waals surface area contributed by atoms with E-state index >= 15 is 0 Å². The average molecular weight is 635 g/mol. The molecule has 214 valence electrons. The molecule has 0 unspecified atom stereocenters. The molecule has 11 heteroatoms. The number of anilines is 1. The van der Waals surface area contributed by atoms with Crippen molar-refractivity contribution in [3.63, 3.8) is 0 Å². The zero-order valence-electron chi connectivity index (χ0n) is 22.9. The molecular formula is C31H27ClN4O3S3. The molecule has 0 fully saturated rings. The van der Waals surface area contributed by atoms with Gasteiger partial charge in [-0.1, -0.05) is 71.4 Å². The number of hydrogen-bond donors (Lipinski definition) is 1. The topological polar surface area (TPSA) is 86.1 Å². The quantitative estimate of drug-likeness (QED) is 0.116. The summed E-state index contributed by atoms with van der Waals surface area (Å²) in [5.41, 5.74) is 3.94. The minimum atomic E-state index is -0.494. The molecule has 2 aromatic heterocycles. The number of nitrogens with one attached hydrogen (secondary N) is 1. The SMILES string of the molecule is CCOC(=O)c1c(-c2ccc(Cl)cc2)csc1NC(=O)CSc1nnc(CSc2ccc(C)cc2)n1-c1ccccc1. The Morgan fingerprint density at radius 3 is 2.43 bits per heavy atom. The van der Waals surface area contributed by atoms with Crippen molar-refractivity contribution in [1.29, 1.82) is 0 Å². The normalized spacial score (nSPS) is 10.9. The number of thiophene rings is 1. The van der Waals surface area contributed by atoms with E-state index in [-0.39, 0.29) is 18.3 Å². The van der Waals surface area contributed by atoms with Crippen molar-refractivity contribution in [2.45, 2.75) is 29.7 Å². The number of aryl methyl sites for hydroxylation is 1. The number of ether oxygens (including phenoxy) is 1. The number of carbonyl (C=O) groups excluding carboxylic acids is 2. The molecular weight excluding hydrogens is 608 g/mol. The number of esters is 1. The molecule has 0 aliphatic rings. The van der Waals surface area contributed by atoms with Crippen LogP contribution >= 0.6 is 46.5 Å². The van der Waals surface area contributed by atoms with Gasteiger partial charge in [-0.15, -0.1) is 33.3 Å². The third-order valence-corrected chi connectivity index (χ3v) is 9.20. The van der Waals surface area contributed by atoms with E-state index in [0.717, 1.165) is 22.0 Å². The van der Waals surface area contributed by atoms with Crippen molar-refractivity contribution in [2.24, 2.45) is 0 Å². The van der Waals surface area contributed by atoms with Crippen molar-refractivity contribution < 1.29 is 14.3 Å². The van der Waals surface area contributed by atoms with Gasteiger partial charge in [0.2, 0.25) is 5.91 Å². The second-order valence-electron chi connectivity index (χ2n) is 9.09. The molecule has 5 aromatic rings. The first kappa shape index (κ1) is 29.9. The van der Waals surface area contributed by atoms with Crippen molar-refractivity contribution in [3.8, 4) is 16.8 Å². The molecule has 42 heavy (non-hydrogen) atoms. The van der Waals surface area contributed by atoms with E-state index in [1.165, 1.54) is 28.7 Å². The highest BCUT2D eigenvalue weighted by molar-refractivity contribution is 7.99. The monoisotopic (exact) mass is 634 g/mol. The van der Waals surface area contributed by atoms with Gasteiger partial charge in [-0.25, -0.2) is 4.79 Å². The summed E-state index contributed by atoms with van der Waals surface area (Å²) in [6.07, 6.45) is 0. The second kappa shape index (κ2) is 14.1. The molecule has 0 bridgehead atoms. The van der Waals surface area contributed by atoms with E-state index in [4.69, 9.17) is 16.3 Å². The molecule has 3 aromatic carbocycles. The van der Waals surface area contributed by atoms with Gasteiger partial charge in [0.05, 0.1) is 18.1 Å². The van der Waals surface area contributed by atoms with E-state index in [0.29, 0.717) is 32.1 Å². The van der Waals surface area contributed by atoms with Crippen LogP contribution in [0.5, 0.6) is 0 Å². The summed E-state index contributed by atoms with van der Waals surface area (Å²) >= 11 is 10.3. The Balaban J connectivity index is 1.33. The van der Waals surface area contributed by atoms with Gasteiger partial charge in [0.1, 0.15) is 16.4 Å². The van der Waals surface area contributed by atoms with Gasteiger partial charge in [0.15, 0.2) is 5.16 Å². The molecule has 1 N–H and O–H groups in total. The van der Waals surface area contributed by atoms with Crippen LogP contribution in [0, 0.1) is 6.92 Å². The summed E-state index contributed by atoms with van der Waals surface area (Å²) in [7, 11) is 0. The lowest BCUT2D eigenvalue weighted by molar-refractivity contribution is -0.113. The number of rotatable bonds is 11. The largest absolute Gasteiger partial charge is 0.462 e. The lowest BCUT2D eigenvalue weighted by atomic mass is 10.0. The Labute approximate surface area is 261 Å². The number of aromatic nitrogens is 3. The minimum Gasteiger partial charge on any atom is -0.462 e. The van der Waals surface area contributed by atoms with E-state index in [1.807, 2.05) is 52.4 Å². The van der Waals surface area contributed by atoms with Gasteiger partial charge in [-0.2, -0.15) is 0 Å². The fourth-order valence-electron chi connectivity index (χ4n) is 4.10. The van der Waals surface area contributed by atoms with Crippen LogP contribution in [0.3, 0.4) is 0 Å². The van der Waals surface area contributed by atoms with Crippen LogP contribution in [-0.4, -0.2) is 39.0 Å². The van der Waals surface area contributed by atoms with Gasteiger partial charge in [-0.05, 0) is 55.8 Å². The molecule has 0 atom stereocenters. The highest BCUT2D eigenvalue weighted by Crippen LogP contribution is 2.37. The lowest BCUT2D eigenvalue weighted by Gasteiger charge is -2.11. The Bertz CT molecular complexity index is 1670. The van der Waals surface area contributed by atoms with Gasteiger partial charge in [0.25, 0.3) is 0 Å². The number of para-hydroxylation sites is 1. The van der Waals surface area contributed by atoms with Crippen LogP contribution in [0.2, 0.25) is 5.02 Å². The number of halogens is 1. The van der Waals surface area contributed by atoms with Crippen molar-refractivity contribution in [3.05, 3.63) is 106 Å². The standard InChI is InChI=1S/C31H27ClN4O3S3/c1-3-39-30(38)28-25(21-11-13-22(32)14-12-21)17-41-29(28)33-27(37)19-42-31-35-34-26(36(31)23-7-5-4-6-8-23)18-40-24-15-9-20(2)10-16-24/h4-17H,3,18-19H2,1-2H3,(H,33,37). The summed E-state index contributed by atoms with van der Waals surface area (Å²) < 4.78 is 7.29. The first-order chi connectivity index (χ1) is 20.4. The van der Waals surface area contributed by atoms with Crippen LogP contribution in [0.4, 0.5) is 5.00 Å². The highest BCUT2D eigenvalue weighted by Gasteiger charge is 2.23. The molecule has 0 spiro atoms. The van der Waals surface area contributed by atoms with Gasteiger partial charge in [0, 0.05) is 26.5 Å². The molecule has 0 aliphatic carbocycles. The molecule has 1 amide bonds. The highest BCUT2D eigenvalue weighted by atomic mass is 35.5. The van der Waals surface area contributed by atoms with Crippen molar-refractivity contribution in [2.75, 3.05) is 17.7 Å². The Morgan fingerprint density at radius 1 is 0.976 bits per heavy atom. The number of thioether (sulfide) groups is 2. The molecule has 5 rings (SSSR count). The third-order valence-electron chi connectivity index (χ3n) is 6.11. The average Bonchev–Trinajstić information content (AvgIpc) is 3.61. The van der Waals surface area contributed by atoms with Crippen LogP contribution in [0.25, 0.3) is 16.8 Å². The molecule has 0 saturated heterocycles. The number of benzene rings is 3. The Morgan fingerprint density at radius 2 is 1.71 bits per heavy atom. The maximum Gasteiger partial charge on any atom is 0.341 e. The van der Waals surface area contributed by atoms with E-state index in [1.54, 1.807) is 30.8 Å². The molecule has 7 nitrogen and oxygen atoms in total. The third kappa shape index (κ3) is 7.25. The number of hydrogen-bond acceptors (Lipinski definition) is 8. The maximum absolute atomic E-state index is 13.1. The van der Waals surface area contributed by atoms with Crippen LogP contribution in [0.1, 0.15) is 28.7 Å². The van der Waals surface area contributed by atoms with Crippen LogP contribution in [-0.2, 0) is 15.3 Å². The van der Waals surface area contributed by atoms with E-state index in [2.05, 4.69) is 46.7 Å². The summed E-state index contributed by atoms with van der Waals surface area (Å²) in [5, 5.41) is 15.3. The van der Waals surface area contributed by atoms with Gasteiger partial charge < -0.3 is 10.1 Å². The van der Waals surface area contributed by atoms with Gasteiger partial charge >= 0.3 is 5.97 Å². The van der Waals surface area contributed by atoms with E-state index < -0.39 is 5.97 Å². The summed E-state index contributed by atoms with van der Waals surface area (Å²) in [5.74, 6) is 0.708. The maximum atomic E-state index is 13.1. The van der Waals surface area contributed by atoms with Crippen LogP contribution < -0.4 is 5.32 Å². The van der Waals surface area contributed by atoms with Crippen LogP contribution in [0.15, 0.2) is 94.3 Å². The van der Waals surface area contributed by atoms with Gasteiger partial charge in [-0.3, -0.25) is 9.36 Å². The summed E-state index contributed by atoms with van der Waals surface area (Å²) in [6.45, 7) is 4.03. The molecule has 0 saturated carbocycles. The number of amides is 1.